The number of nitrogens with zero attached hydrogens (tertiary/aromatic N) is 3. The van der Waals surface area contributed by atoms with Gasteiger partial charge in [0.25, 0.3) is 5.56 Å². The third-order valence-corrected chi connectivity index (χ3v) is 4.28. The Bertz CT molecular complexity index is 843. The smallest absolute Gasteiger partial charge is 0.255 e. The van der Waals surface area contributed by atoms with Gasteiger partial charge in [-0.1, -0.05) is 6.07 Å². The largest absolute Gasteiger partial charge is 0.378 e. The molecule has 3 heterocycles. The van der Waals surface area contributed by atoms with Gasteiger partial charge in [0.15, 0.2) is 0 Å². The van der Waals surface area contributed by atoms with Crippen LogP contribution in [-0.4, -0.2) is 47.2 Å². The number of aryl methyl sites for hydroxylation is 2. The summed E-state index contributed by atoms with van der Waals surface area (Å²) in [6, 6.07) is 5.43. The Morgan fingerprint density at radius 3 is 2.73 bits per heavy atom. The van der Waals surface area contributed by atoms with Gasteiger partial charge >= 0.3 is 0 Å². The molecular formula is C18H23N5O3. The van der Waals surface area contributed by atoms with Crippen molar-refractivity contribution in [2.75, 3.05) is 36.5 Å². The number of carbonyl (C=O) groups excluding carboxylic acids is 1. The van der Waals surface area contributed by atoms with Crippen molar-refractivity contribution in [2.45, 2.75) is 26.7 Å². The Kier molecular flexibility index (Phi) is 5.62. The minimum absolute atomic E-state index is 0.181. The van der Waals surface area contributed by atoms with Gasteiger partial charge in [-0.2, -0.15) is 0 Å². The van der Waals surface area contributed by atoms with Crippen molar-refractivity contribution in [3.8, 4) is 0 Å². The van der Waals surface area contributed by atoms with E-state index >= 15 is 0 Å². The van der Waals surface area contributed by atoms with Crippen LogP contribution < -0.4 is 15.8 Å². The van der Waals surface area contributed by atoms with E-state index in [0.717, 1.165) is 5.69 Å². The highest BCUT2D eigenvalue weighted by Gasteiger charge is 2.16. The number of hydrogen-bond donors (Lipinski definition) is 2. The van der Waals surface area contributed by atoms with Gasteiger partial charge in [-0.3, -0.25) is 14.6 Å². The van der Waals surface area contributed by atoms with E-state index in [2.05, 4.69) is 20.3 Å². The van der Waals surface area contributed by atoms with E-state index in [-0.39, 0.29) is 17.9 Å². The van der Waals surface area contributed by atoms with Crippen LogP contribution in [0.4, 0.5) is 11.8 Å². The fourth-order valence-electron chi connectivity index (χ4n) is 2.87. The number of anilines is 2. The fourth-order valence-corrected chi connectivity index (χ4v) is 2.87. The molecule has 2 N–H and O–H groups in total. The number of ether oxygens (including phenoxy) is 1. The maximum Gasteiger partial charge on any atom is 0.255 e. The molecule has 0 aliphatic carbocycles. The van der Waals surface area contributed by atoms with E-state index < -0.39 is 0 Å². The lowest BCUT2D eigenvalue weighted by Gasteiger charge is -2.27. The van der Waals surface area contributed by atoms with Gasteiger partial charge in [0.1, 0.15) is 5.82 Å². The Labute approximate surface area is 151 Å². The molecular weight excluding hydrogens is 334 g/mol. The number of amides is 1. The molecule has 1 saturated heterocycles. The molecule has 0 aromatic carbocycles. The molecule has 0 spiro atoms. The lowest BCUT2D eigenvalue weighted by Crippen LogP contribution is -2.38. The number of hydrogen-bond acceptors (Lipinski definition) is 6. The first-order valence-electron chi connectivity index (χ1n) is 8.69. The van der Waals surface area contributed by atoms with Crippen LogP contribution in [0.2, 0.25) is 0 Å². The number of aromatic amines is 1. The second-order valence-electron chi connectivity index (χ2n) is 6.27. The monoisotopic (exact) mass is 357 g/mol. The summed E-state index contributed by atoms with van der Waals surface area (Å²) in [5.41, 5.74) is 1.82. The van der Waals surface area contributed by atoms with Crippen molar-refractivity contribution < 1.29 is 9.53 Å². The lowest BCUT2D eigenvalue weighted by atomic mass is 10.1. The quantitative estimate of drug-likeness (QED) is 0.834. The zero-order chi connectivity index (χ0) is 18.5. The molecule has 3 rings (SSSR count). The van der Waals surface area contributed by atoms with Gasteiger partial charge < -0.3 is 15.0 Å². The van der Waals surface area contributed by atoms with Gasteiger partial charge in [-0.25, -0.2) is 9.97 Å². The molecule has 0 saturated carbocycles. The summed E-state index contributed by atoms with van der Waals surface area (Å²) in [5.74, 6) is 0.897. The standard InChI is InChI=1S/C18H23N5O3/c1-12-4-3-5-15(19-12)21-16(24)7-6-14-13(2)20-18(22-17(14)25)23-8-10-26-11-9-23/h3-5H,6-11H2,1-2H3,(H,19,21,24)(H,20,22,25). The molecule has 0 atom stereocenters. The third-order valence-electron chi connectivity index (χ3n) is 4.28. The number of carbonyl (C=O) groups is 1. The number of nitrogens with one attached hydrogen (secondary N) is 2. The van der Waals surface area contributed by atoms with E-state index in [4.69, 9.17) is 4.74 Å². The van der Waals surface area contributed by atoms with E-state index in [1.54, 1.807) is 13.0 Å². The first-order chi connectivity index (χ1) is 12.5. The molecule has 1 aliphatic rings. The molecule has 0 radical (unpaired) electrons. The number of H-pyrrole nitrogens is 1. The second kappa shape index (κ2) is 8.09. The van der Waals surface area contributed by atoms with Crippen LogP contribution in [-0.2, 0) is 16.0 Å². The topological polar surface area (TPSA) is 100 Å². The zero-order valence-electron chi connectivity index (χ0n) is 15.0. The Morgan fingerprint density at radius 2 is 2.04 bits per heavy atom. The lowest BCUT2D eigenvalue weighted by molar-refractivity contribution is -0.116. The van der Waals surface area contributed by atoms with Gasteiger partial charge in [-0.05, 0) is 32.4 Å². The average Bonchev–Trinajstić information content (AvgIpc) is 2.61. The van der Waals surface area contributed by atoms with Crippen LogP contribution in [0.15, 0.2) is 23.0 Å². The summed E-state index contributed by atoms with van der Waals surface area (Å²) >= 11 is 0. The van der Waals surface area contributed by atoms with Gasteiger partial charge in [-0.15, -0.1) is 0 Å². The maximum atomic E-state index is 12.4. The van der Waals surface area contributed by atoms with Gasteiger partial charge in [0.05, 0.1) is 13.2 Å². The normalized spacial score (nSPS) is 14.3. The van der Waals surface area contributed by atoms with Crippen LogP contribution >= 0.6 is 0 Å². The van der Waals surface area contributed by atoms with Crippen LogP contribution in [0.1, 0.15) is 23.4 Å². The summed E-state index contributed by atoms with van der Waals surface area (Å²) in [4.78, 5) is 38.1. The molecule has 1 aliphatic heterocycles. The molecule has 2 aromatic rings. The van der Waals surface area contributed by atoms with Crippen molar-refractivity contribution in [1.82, 2.24) is 15.0 Å². The highest BCUT2D eigenvalue weighted by Crippen LogP contribution is 2.12. The van der Waals surface area contributed by atoms with Crippen LogP contribution in [0.3, 0.4) is 0 Å². The van der Waals surface area contributed by atoms with Crippen molar-refractivity contribution in [3.63, 3.8) is 0 Å². The minimum atomic E-state index is -0.194. The average molecular weight is 357 g/mol. The molecule has 1 amide bonds. The first kappa shape index (κ1) is 18.1. The fraction of sp³-hybridized carbons (Fsp3) is 0.444. The number of aromatic nitrogens is 3. The van der Waals surface area contributed by atoms with Crippen molar-refractivity contribution in [2.24, 2.45) is 0 Å². The Hall–Kier alpha value is -2.74. The Morgan fingerprint density at radius 1 is 1.27 bits per heavy atom. The number of pyridine rings is 1. The molecule has 26 heavy (non-hydrogen) atoms. The van der Waals surface area contributed by atoms with Crippen molar-refractivity contribution in [3.05, 3.63) is 45.5 Å². The second-order valence-corrected chi connectivity index (χ2v) is 6.27. The molecule has 0 unspecified atom stereocenters. The summed E-state index contributed by atoms with van der Waals surface area (Å²) < 4.78 is 5.32. The molecule has 1 fully saturated rings. The van der Waals surface area contributed by atoms with Crippen molar-refractivity contribution >= 4 is 17.7 Å². The molecule has 2 aromatic heterocycles. The molecule has 138 valence electrons. The highest BCUT2D eigenvalue weighted by molar-refractivity contribution is 5.89. The summed E-state index contributed by atoms with van der Waals surface area (Å²) in [6.07, 6.45) is 0.521. The van der Waals surface area contributed by atoms with Gasteiger partial charge in [0, 0.05) is 36.5 Å². The minimum Gasteiger partial charge on any atom is -0.378 e. The molecule has 0 bridgehead atoms. The van der Waals surface area contributed by atoms with Gasteiger partial charge in [0.2, 0.25) is 11.9 Å². The maximum absolute atomic E-state index is 12.4. The third kappa shape index (κ3) is 4.45. The van der Waals surface area contributed by atoms with E-state index in [1.807, 2.05) is 24.0 Å². The zero-order valence-corrected chi connectivity index (χ0v) is 15.0. The first-order valence-corrected chi connectivity index (χ1v) is 8.69. The van der Waals surface area contributed by atoms with E-state index in [1.165, 1.54) is 0 Å². The Balaban J connectivity index is 1.64. The summed E-state index contributed by atoms with van der Waals surface area (Å²) in [7, 11) is 0. The van der Waals surface area contributed by atoms with Crippen molar-refractivity contribution in [1.29, 1.82) is 0 Å². The SMILES string of the molecule is Cc1cccc(NC(=O)CCc2c(C)nc(N3CCOCC3)[nH]c2=O)n1. The molecule has 8 nitrogen and oxygen atoms in total. The van der Waals surface area contributed by atoms with Crippen LogP contribution in [0.25, 0.3) is 0 Å². The predicted octanol–water partition coefficient (Wildman–Crippen LogP) is 1.19. The number of morpholine rings is 1. The predicted molar refractivity (Wildman–Crippen MR) is 98.6 cm³/mol. The molecule has 8 heteroatoms. The van der Waals surface area contributed by atoms with E-state index in [0.29, 0.717) is 55.7 Å². The highest BCUT2D eigenvalue weighted by atomic mass is 16.5. The van der Waals surface area contributed by atoms with Crippen LogP contribution in [0.5, 0.6) is 0 Å². The number of rotatable bonds is 5. The summed E-state index contributed by atoms with van der Waals surface area (Å²) in [6.45, 7) is 6.31. The summed E-state index contributed by atoms with van der Waals surface area (Å²) in [5, 5.41) is 2.75. The van der Waals surface area contributed by atoms with Crippen LogP contribution in [0, 0.1) is 13.8 Å². The van der Waals surface area contributed by atoms with E-state index in [9.17, 15) is 9.59 Å².